The fourth-order valence-electron chi connectivity index (χ4n) is 0.681. The van der Waals surface area contributed by atoms with Gasteiger partial charge in [0.25, 0.3) is 0 Å². The average molecular weight is 144 g/mol. The van der Waals surface area contributed by atoms with Gasteiger partial charge in [0.1, 0.15) is 6.20 Å². The van der Waals surface area contributed by atoms with Gasteiger partial charge in [0, 0.05) is 6.54 Å². The van der Waals surface area contributed by atoms with Crippen molar-refractivity contribution in [1.82, 2.24) is 9.78 Å². The van der Waals surface area contributed by atoms with Crippen LogP contribution >= 0.6 is 11.6 Å². The predicted molar refractivity (Wildman–Crippen MR) is 36.5 cm³/mol. The van der Waals surface area contributed by atoms with Crippen LogP contribution < -0.4 is 0 Å². The van der Waals surface area contributed by atoms with Gasteiger partial charge in [-0.1, -0.05) is 11.6 Å². The Balaban J connectivity index is 3.04. The highest BCUT2D eigenvalue weighted by Gasteiger charge is 2.00. The Morgan fingerprint density at radius 3 is 2.67 bits per heavy atom. The van der Waals surface area contributed by atoms with Crippen LogP contribution in [-0.4, -0.2) is 9.78 Å². The summed E-state index contributed by atoms with van der Waals surface area (Å²) < 4.78 is 1.81. The van der Waals surface area contributed by atoms with Crippen molar-refractivity contribution in [2.24, 2.45) is 0 Å². The van der Waals surface area contributed by atoms with Crippen LogP contribution in [0.25, 0.3) is 0 Å². The largest absolute Gasteiger partial charge is 0.268 e. The van der Waals surface area contributed by atoms with E-state index in [1.165, 1.54) is 0 Å². The lowest BCUT2D eigenvalue weighted by atomic mass is 10.5. The van der Waals surface area contributed by atoms with E-state index in [4.69, 9.17) is 11.6 Å². The molecule has 0 bridgehead atoms. The van der Waals surface area contributed by atoms with Crippen molar-refractivity contribution in [3.8, 4) is 0 Å². The minimum Gasteiger partial charge on any atom is -0.268 e. The average Bonchev–Trinajstić information content (AvgIpc) is 2.15. The third-order valence-electron chi connectivity index (χ3n) is 1.27. The van der Waals surface area contributed by atoms with Crippen molar-refractivity contribution in [3.05, 3.63) is 16.9 Å². The molecule has 3 heteroatoms. The lowest BCUT2D eigenvalue weighted by Gasteiger charge is -1.95. The van der Waals surface area contributed by atoms with E-state index in [1.807, 2.05) is 18.5 Å². The van der Waals surface area contributed by atoms with E-state index in [1.54, 1.807) is 0 Å². The summed E-state index contributed by atoms with van der Waals surface area (Å²) in [6, 6.07) is 0. The zero-order chi connectivity index (χ0) is 6.85. The molecule has 0 amide bonds. The minimum absolute atomic E-state index is 0.622. The lowest BCUT2D eigenvalue weighted by molar-refractivity contribution is 0.638. The zero-order valence-corrected chi connectivity index (χ0v) is 6.24. The highest BCUT2D eigenvalue weighted by Crippen LogP contribution is 2.11. The molecule has 1 aromatic heterocycles. The smallest absolute Gasteiger partial charge is 0.133 e. The van der Waals surface area contributed by atoms with E-state index in [-0.39, 0.29) is 0 Å². The van der Waals surface area contributed by atoms with Crippen LogP contribution in [0.1, 0.15) is 12.6 Å². The number of hydrogen-bond donors (Lipinski definition) is 0. The second-order valence-electron chi connectivity index (χ2n) is 1.83. The Morgan fingerprint density at radius 2 is 2.44 bits per heavy atom. The van der Waals surface area contributed by atoms with Crippen molar-refractivity contribution >= 4 is 11.6 Å². The fourth-order valence-corrected chi connectivity index (χ4v) is 0.817. The number of hydrogen-bond acceptors (Lipinski definition) is 1. The maximum Gasteiger partial charge on any atom is 0.133 e. The molecule has 1 radical (unpaired) electrons. The number of halogens is 1. The molecule has 0 spiro atoms. The first-order valence-corrected chi connectivity index (χ1v) is 3.24. The Morgan fingerprint density at radius 1 is 1.78 bits per heavy atom. The standard InChI is InChI=1S/C6H8ClN2/c1-3-9-5(2)6(7)4-8-9/h3H2,1-2H3. The summed E-state index contributed by atoms with van der Waals surface area (Å²) in [6.45, 7) is 4.80. The molecule has 0 unspecified atom stereocenters. The first-order valence-electron chi connectivity index (χ1n) is 2.86. The van der Waals surface area contributed by atoms with E-state index in [0.29, 0.717) is 5.02 Å². The van der Waals surface area contributed by atoms with Crippen molar-refractivity contribution in [2.75, 3.05) is 0 Å². The molecular weight excluding hydrogens is 136 g/mol. The second-order valence-corrected chi connectivity index (χ2v) is 2.20. The molecule has 0 saturated heterocycles. The highest BCUT2D eigenvalue weighted by atomic mass is 35.5. The van der Waals surface area contributed by atoms with E-state index in [9.17, 15) is 0 Å². The van der Waals surface area contributed by atoms with E-state index in [0.717, 1.165) is 12.2 Å². The molecule has 0 aliphatic carbocycles. The molecule has 0 N–H and O–H groups in total. The van der Waals surface area contributed by atoms with Crippen molar-refractivity contribution in [1.29, 1.82) is 0 Å². The predicted octanol–water partition coefficient (Wildman–Crippen LogP) is 1.67. The monoisotopic (exact) mass is 143 g/mol. The molecule has 1 heterocycles. The van der Waals surface area contributed by atoms with Gasteiger partial charge in [-0.3, -0.25) is 4.68 Å². The first-order chi connectivity index (χ1) is 4.25. The molecule has 0 atom stereocenters. The molecule has 0 aliphatic heterocycles. The Bertz CT molecular complexity index is 205. The van der Waals surface area contributed by atoms with Crippen LogP contribution in [0.15, 0.2) is 0 Å². The summed E-state index contributed by atoms with van der Waals surface area (Å²) in [5.74, 6) is 0. The van der Waals surface area contributed by atoms with Gasteiger partial charge in [-0.2, -0.15) is 5.10 Å². The molecule has 0 aromatic carbocycles. The van der Waals surface area contributed by atoms with Gasteiger partial charge in [-0.15, -0.1) is 0 Å². The lowest BCUT2D eigenvalue weighted by Crippen LogP contribution is -1.97. The zero-order valence-electron chi connectivity index (χ0n) is 5.48. The normalized spacial score (nSPS) is 10.1. The van der Waals surface area contributed by atoms with Gasteiger partial charge < -0.3 is 0 Å². The maximum atomic E-state index is 5.67. The van der Waals surface area contributed by atoms with Crippen LogP contribution in [0.5, 0.6) is 0 Å². The van der Waals surface area contributed by atoms with Gasteiger partial charge in [-0.25, -0.2) is 0 Å². The van der Waals surface area contributed by atoms with Crippen LogP contribution in [0.3, 0.4) is 0 Å². The van der Waals surface area contributed by atoms with Gasteiger partial charge in [0.15, 0.2) is 0 Å². The van der Waals surface area contributed by atoms with Crippen LogP contribution in [0.2, 0.25) is 5.02 Å². The first kappa shape index (κ1) is 6.62. The third-order valence-corrected chi connectivity index (χ3v) is 1.63. The number of nitrogens with zero attached hydrogens (tertiary/aromatic N) is 2. The summed E-state index contributed by atoms with van der Waals surface area (Å²) in [4.78, 5) is 0. The number of aryl methyl sites for hydroxylation is 1. The fraction of sp³-hybridized carbons (Fsp3) is 0.500. The Labute approximate surface area is 59.4 Å². The summed E-state index contributed by atoms with van der Waals surface area (Å²) in [6.07, 6.45) is 2.67. The SMILES string of the molecule is CCn1n[c]c(Cl)c1C. The summed E-state index contributed by atoms with van der Waals surface area (Å²) in [5, 5.41) is 4.52. The van der Waals surface area contributed by atoms with Gasteiger partial charge >= 0.3 is 0 Å². The Hall–Kier alpha value is -0.500. The Kier molecular flexibility index (Phi) is 1.76. The molecular formula is C6H8ClN2. The van der Waals surface area contributed by atoms with Crippen molar-refractivity contribution in [2.45, 2.75) is 20.4 Å². The van der Waals surface area contributed by atoms with Gasteiger partial charge in [0.2, 0.25) is 0 Å². The van der Waals surface area contributed by atoms with Crippen LogP contribution in [0, 0.1) is 13.1 Å². The second kappa shape index (κ2) is 2.40. The molecule has 0 saturated carbocycles. The van der Waals surface area contributed by atoms with Gasteiger partial charge in [0.05, 0.1) is 10.7 Å². The van der Waals surface area contributed by atoms with Crippen molar-refractivity contribution < 1.29 is 0 Å². The molecule has 1 aromatic rings. The van der Waals surface area contributed by atoms with Crippen molar-refractivity contribution in [3.63, 3.8) is 0 Å². The van der Waals surface area contributed by atoms with Crippen LogP contribution in [0.4, 0.5) is 0 Å². The molecule has 0 aliphatic rings. The summed E-state index contributed by atoms with van der Waals surface area (Å²) >= 11 is 5.67. The molecule has 0 fully saturated rings. The topological polar surface area (TPSA) is 17.8 Å². The molecule has 2 nitrogen and oxygen atoms in total. The maximum absolute atomic E-state index is 5.67. The van der Waals surface area contributed by atoms with Crippen LogP contribution in [-0.2, 0) is 6.54 Å². The highest BCUT2D eigenvalue weighted by molar-refractivity contribution is 6.30. The quantitative estimate of drug-likeness (QED) is 0.585. The van der Waals surface area contributed by atoms with Gasteiger partial charge in [-0.05, 0) is 13.8 Å². The third kappa shape index (κ3) is 1.08. The molecule has 9 heavy (non-hydrogen) atoms. The summed E-state index contributed by atoms with van der Waals surface area (Å²) in [5.41, 5.74) is 0.985. The molecule has 1 rings (SSSR count). The van der Waals surface area contributed by atoms with E-state index >= 15 is 0 Å². The molecule has 49 valence electrons. The minimum atomic E-state index is 0.622. The number of rotatable bonds is 1. The van der Waals surface area contributed by atoms with E-state index in [2.05, 4.69) is 11.3 Å². The van der Waals surface area contributed by atoms with E-state index < -0.39 is 0 Å². The summed E-state index contributed by atoms with van der Waals surface area (Å²) in [7, 11) is 0. The number of aromatic nitrogens is 2.